The van der Waals surface area contributed by atoms with Crippen molar-refractivity contribution in [2.45, 2.75) is 6.36 Å². The molecule has 1 aromatic rings. The highest BCUT2D eigenvalue weighted by atomic mass is 19.4. The Morgan fingerprint density at radius 3 is 2.53 bits per heavy atom. The number of alkyl halides is 3. The molecule has 0 aromatic carbocycles. The molecule has 0 spiro atoms. The normalized spacial score (nSPS) is 10.7. The second-order valence-electron chi connectivity index (χ2n) is 2.80. The number of aromatic nitrogens is 1. The quantitative estimate of drug-likeness (QED) is 0.789. The number of nitrogen functional groups attached to an aromatic ring is 1. The van der Waals surface area contributed by atoms with Crippen molar-refractivity contribution in [3.63, 3.8) is 0 Å². The minimum Gasteiger partial charge on any atom is -0.387 e. The summed E-state index contributed by atoms with van der Waals surface area (Å²) in [7, 11) is 0. The van der Waals surface area contributed by atoms with Gasteiger partial charge in [-0.1, -0.05) is 0 Å². The highest BCUT2D eigenvalue weighted by Crippen LogP contribution is 2.27. The van der Waals surface area contributed by atoms with Gasteiger partial charge in [-0.25, -0.2) is 0 Å². The lowest BCUT2D eigenvalue weighted by atomic mass is 10.1. The molecule has 0 fully saturated rings. The highest BCUT2D eigenvalue weighted by Gasteiger charge is 2.34. The third-order valence-electron chi connectivity index (χ3n) is 1.59. The Hall–Kier alpha value is -2.50. The Kier molecular flexibility index (Phi) is 3.08. The van der Waals surface area contributed by atoms with E-state index in [0.29, 0.717) is 0 Å². The minimum absolute atomic E-state index is 0.397. The molecule has 0 saturated carbocycles. The number of nitriles is 1. The lowest BCUT2D eigenvalue weighted by molar-refractivity contribution is -0.276. The number of hydrogen-bond donors (Lipinski definition) is 2. The number of rotatable bonds is 2. The second-order valence-corrected chi connectivity index (χ2v) is 2.80. The van der Waals surface area contributed by atoms with Crippen LogP contribution in [0.1, 0.15) is 15.9 Å². The molecule has 0 bridgehead atoms. The number of amides is 1. The molecular weight excluding hydrogens is 241 g/mol. The number of nitrogens with two attached hydrogens (primary N) is 2. The first-order valence-corrected chi connectivity index (χ1v) is 4.00. The standard InChI is InChI=1S/C8H5F3N4O2/c9-8(10,11)17-7-5(6(14)16)3(2-12)1-4(13)15-7/h1H,(H2,13,15)(H2,14,16). The molecular formula is C8H5F3N4O2. The van der Waals surface area contributed by atoms with Crippen LogP contribution in [0.2, 0.25) is 0 Å². The highest BCUT2D eigenvalue weighted by molar-refractivity contribution is 5.97. The molecule has 4 N–H and O–H groups in total. The molecule has 0 unspecified atom stereocenters. The van der Waals surface area contributed by atoms with Gasteiger partial charge in [-0.15, -0.1) is 13.2 Å². The Bertz CT molecular complexity index is 507. The van der Waals surface area contributed by atoms with E-state index >= 15 is 0 Å². The second kappa shape index (κ2) is 4.17. The van der Waals surface area contributed by atoms with E-state index in [4.69, 9.17) is 16.7 Å². The van der Waals surface area contributed by atoms with Crippen LogP contribution in [-0.2, 0) is 0 Å². The number of ether oxygens (including phenoxy) is 1. The molecule has 90 valence electrons. The van der Waals surface area contributed by atoms with E-state index in [-0.39, 0.29) is 0 Å². The van der Waals surface area contributed by atoms with Crippen molar-refractivity contribution in [2.24, 2.45) is 5.73 Å². The van der Waals surface area contributed by atoms with Crippen molar-refractivity contribution < 1.29 is 22.7 Å². The molecule has 6 nitrogen and oxygen atoms in total. The van der Waals surface area contributed by atoms with Gasteiger partial charge in [0, 0.05) is 0 Å². The number of carbonyl (C=O) groups excluding carboxylic acids is 1. The summed E-state index contributed by atoms with van der Waals surface area (Å²) in [5, 5.41) is 8.64. The molecule has 0 aliphatic rings. The van der Waals surface area contributed by atoms with E-state index in [1.807, 2.05) is 0 Å². The molecule has 9 heteroatoms. The summed E-state index contributed by atoms with van der Waals surface area (Å²) in [6.07, 6.45) is -5.07. The van der Waals surface area contributed by atoms with Gasteiger partial charge in [0.1, 0.15) is 17.5 Å². The smallest absolute Gasteiger partial charge is 0.387 e. The van der Waals surface area contributed by atoms with E-state index in [0.717, 1.165) is 6.07 Å². The Balaban J connectivity index is 3.42. The van der Waals surface area contributed by atoms with Crippen LogP contribution < -0.4 is 16.2 Å². The summed E-state index contributed by atoms with van der Waals surface area (Å²) < 4.78 is 39.5. The molecule has 0 saturated heterocycles. The topological polar surface area (TPSA) is 115 Å². The average molecular weight is 246 g/mol. The summed E-state index contributed by atoms with van der Waals surface area (Å²) in [5.74, 6) is -2.80. The summed E-state index contributed by atoms with van der Waals surface area (Å²) in [4.78, 5) is 14.1. The number of halogens is 3. The van der Waals surface area contributed by atoms with Gasteiger partial charge in [0.2, 0.25) is 5.88 Å². The predicted octanol–water partition coefficient (Wildman–Crippen LogP) is 0.533. The molecule has 1 aromatic heterocycles. The molecule has 0 aliphatic heterocycles. The van der Waals surface area contributed by atoms with Gasteiger partial charge in [-0.3, -0.25) is 4.79 Å². The van der Waals surface area contributed by atoms with Crippen LogP contribution in [0.15, 0.2) is 6.07 Å². The SMILES string of the molecule is N#Cc1cc(N)nc(OC(F)(F)F)c1C(N)=O. The van der Waals surface area contributed by atoms with Crippen LogP contribution in [0.4, 0.5) is 19.0 Å². The van der Waals surface area contributed by atoms with Crippen molar-refractivity contribution >= 4 is 11.7 Å². The van der Waals surface area contributed by atoms with Crippen molar-refractivity contribution in [1.82, 2.24) is 4.98 Å². The number of primary amides is 1. The number of anilines is 1. The van der Waals surface area contributed by atoms with Crippen molar-refractivity contribution in [3.8, 4) is 11.9 Å². The summed E-state index contributed by atoms with van der Waals surface area (Å²) in [6.45, 7) is 0. The lowest BCUT2D eigenvalue weighted by Gasteiger charge is -2.11. The first kappa shape index (κ1) is 12.6. The number of nitrogens with zero attached hydrogens (tertiary/aromatic N) is 2. The third kappa shape index (κ3) is 2.97. The fourth-order valence-corrected chi connectivity index (χ4v) is 1.05. The van der Waals surface area contributed by atoms with Crippen molar-refractivity contribution in [1.29, 1.82) is 5.26 Å². The first-order chi connectivity index (χ1) is 7.74. The van der Waals surface area contributed by atoms with Gasteiger partial charge in [0.25, 0.3) is 5.91 Å². The number of hydrogen-bond acceptors (Lipinski definition) is 5. The molecule has 0 aliphatic carbocycles. The van der Waals surface area contributed by atoms with Gasteiger partial charge >= 0.3 is 6.36 Å². The third-order valence-corrected chi connectivity index (χ3v) is 1.59. The molecule has 1 amide bonds. The summed E-state index contributed by atoms with van der Waals surface area (Å²) in [5.41, 5.74) is 8.80. The van der Waals surface area contributed by atoms with Crippen molar-refractivity contribution in [2.75, 3.05) is 5.73 Å². The first-order valence-electron chi connectivity index (χ1n) is 4.00. The largest absolute Gasteiger partial charge is 0.574 e. The maximum absolute atomic E-state index is 12.0. The average Bonchev–Trinajstić information content (AvgIpc) is 2.12. The van der Waals surface area contributed by atoms with Crippen LogP contribution in [0.25, 0.3) is 0 Å². The zero-order valence-electron chi connectivity index (χ0n) is 8.08. The zero-order chi connectivity index (χ0) is 13.2. The molecule has 1 heterocycles. The lowest BCUT2D eigenvalue weighted by Crippen LogP contribution is -2.23. The molecule has 17 heavy (non-hydrogen) atoms. The van der Waals surface area contributed by atoms with Crippen LogP contribution >= 0.6 is 0 Å². The van der Waals surface area contributed by atoms with E-state index in [1.54, 1.807) is 0 Å². The van der Waals surface area contributed by atoms with E-state index in [9.17, 15) is 18.0 Å². The Morgan fingerprint density at radius 2 is 2.12 bits per heavy atom. The number of carbonyl (C=O) groups is 1. The Morgan fingerprint density at radius 1 is 1.53 bits per heavy atom. The minimum atomic E-state index is -5.07. The Labute approximate surface area is 92.6 Å². The maximum Gasteiger partial charge on any atom is 0.574 e. The van der Waals surface area contributed by atoms with Crippen molar-refractivity contribution in [3.05, 3.63) is 17.2 Å². The number of pyridine rings is 1. The summed E-state index contributed by atoms with van der Waals surface area (Å²) in [6, 6.07) is 2.40. The van der Waals surface area contributed by atoms with Gasteiger partial charge in [0.05, 0.1) is 5.56 Å². The predicted molar refractivity (Wildman–Crippen MR) is 48.6 cm³/mol. The van der Waals surface area contributed by atoms with E-state index in [2.05, 4.69) is 9.72 Å². The molecule has 0 atom stereocenters. The monoisotopic (exact) mass is 246 g/mol. The summed E-state index contributed by atoms with van der Waals surface area (Å²) >= 11 is 0. The van der Waals surface area contributed by atoms with Crippen LogP contribution in [0.5, 0.6) is 5.88 Å². The van der Waals surface area contributed by atoms with E-state index in [1.165, 1.54) is 6.07 Å². The van der Waals surface area contributed by atoms with Crippen LogP contribution in [0.3, 0.4) is 0 Å². The fraction of sp³-hybridized carbons (Fsp3) is 0.125. The van der Waals surface area contributed by atoms with Gasteiger partial charge in [0.15, 0.2) is 0 Å². The van der Waals surface area contributed by atoms with Gasteiger partial charge < -0.3 is 16.2 Å². The van der Waals surface area contributed by atoms with Gasteiger partial charge in [-0.2, -0.15) is 10.2 Å². The van der Waals surface area contributed by atoms with Crippen LogP contribution in [0, 0.1) is 11.3 Å². The maximum atomic E-state index is 12.0. The van der Waals surface area contributed by atoms with E-state index < -0.39 is 35.1 Å². The molecule has 1 rings (SSSR count). The molecule has 0 radical (unpaired) electrons. The van der Waals surface area contributed by atoms with Crippen LogP contribution in [-0.4, -0.2) is 17.3 Å². The zero-order valence-corrected chi connectivity index (χ0v) is 8.08. The fourth-order valence-electron chi connectivity index (χ4n) is 1.05. The van der Waals surface area contributed by atoms with Gasteiger partial charge in [-0.05, 0) is 6.07 Å².